The number of rotatable bonds is 5. The van der Waals surface area contributed by atoms with Crippen LogP contribution in [-0.4, -0.2) is 18.9 Å². The van der Waals surface area contributed by atoms with Gasteiger partial charge in [-0.25, -0.2) is 4.79 Å². The summed E-state index contributed by atoms with van der Waals surface area (Å²) in [5, 5.41) is 3.30. The molecular formula is C28H22BrNO4. The van der Waals surface area contributed by atoms with E-state index in [2.05, 4.69) is 21.2 Å². The van der Waals surface area contributed by atoms with Crippen LogP contribution in [0, 0.1) is 0 Å². The molecule has 3 aromatic carbocycles. The van der Waals surface area contributed by atoms with Crippen LogP contribution in [0.5, 0.6) is 5.75 Å². The molecule has 5 nitrogen and oxygen atoms in total. The predicted octanol–water partition coefficient (Wildman–Crippen LogP) is 5.77. The molecular weight excluding hydrogens is 494 g/mol. The van der Waals surface area contributed by atoms with E-state index in [-0.39, 0.29) is 5.78 Å². The van der Waals surface area contributed by atoms with E-state index in [1.54, 1.807) is 0 Å². The molecule has 0 fully saturated rings. The summed E-state index contributed by atoms with van der Waals surface area (Å²) in [6, 6.07) is 22.9. The first-order chi connectivity index (χ1) is 16.5. The molecule has 0 radical (unpaired) electrons. The third-order valence-electron chi connectivity index (χ3n) is 6.19. The summed E-state index contributed by atoms with van der Waals surface area (Å²) in [4.78, 5) is 26.5. The second-order valence-electron chi connectivity index (χ2n) is 8.20. The quantitative estimate of drug-likeness (QED) is 0.437. The Morgan fingerprint density at radius 3 is 2.38 bits per heavy atom. The van der Waals surface area contributed by atoms with Gasteiger partial charge in [0.1, 0.15) is 12.4 Å². The lowest BCUT2D eigenvalue weighted by atomic mass is 9.79. The Morgan fingerprint density at radius 2 is 1.65 bits per heavy atom. The fraction of sp³-hybridized carbons (Fsp3) is 0.143. The zero-order valence-corrected chi connectivity index (χ0v) is 20.3. The minimum Gasteiger partial charge on any atom is -0.489 e. The minimum absolute atomic E-state index is 0.0975. The van der Waals surface area contributed by atoms with Gasteiger partial charge in [0.15, 0.2) is 5.78 Å². The van der Waals surface area contributed by atoms with E-state index >= 15 is 0 Å². The smallest absolute Gasteiger partial charge is 0.336 e. The number of hydrogen-bond acceptors (Lipinski definition) is 5. The van der Waals surface area contributed by atoms with Gasteiger partial charge in [0.2, 0.25) is 0 Å². The summed E-state index contributed by atoms with van der Waals surface area (Å²) in [5.74, 6) is -0.584. The highest BCUT2D eigenvalue weighted by Gasteiger charge is 2.43. The minimum atomic E-state index is -0.621. The number of allylic oxidation sites excluding steroid dienone is 2. The summed E-state index contributed by atoms with van der Waals surface area (Å²) in [7, 11) is 1.35. The van der Waals surface area contributed by atoms with Gasteiger partial charge < -0.3 is 14.8 Å². The molecule has 1 N–H and O–H groups in total. The number of carbonyl (C=O) groups excluding carboxylic acids is 2. The van der Waals surface area contributed by atoms with E-state index in [1.165, 1.54) is 7.11 Å². The zero-order valence-electron chi connectivity index (χ0n) is 18.7. The predicted molar refractivity (Wildman–Crippen MR) is 133 cm³/mol. The maximum atomic E-state index is 13.6. The first-order valence-corrected chi connectivity index (χ1v) is 11.7. The highest BCUT2D eigenvalue weighted by atomic mass is 79.9. The summed E-state index contributed by atoms with van der Waals surface area (Å²) in [5.41, 5.74) is 5.54. The largest absolute Gasteiger partial charge is 0.489 e. The number of nitrogens with one attached hydrogen (secondary N) is 1. The molecule has 2 aliphatic rings. The average molecular weight is 516 g/mol. The molecule has 1 aliphatic heterocycles. The van der Waals surface area contributed by atoms with Crippen LogP contribution in [0.2, 0.25) is 0 Å². The Bertz CT molecular complexity index is 1370. The first kappa shape index (κ1) is 22.2. The van der Waals surface area contributed by atoms with Crippen LogP contribution < -0.4 is 10.1 Å². The zero-order chi connectivity index (χ0) is 23.8. The molecule has 1 heterocycles. The first-order valence-electron chi connectivity index (χ1n) is 10.9. The normalized spacial score (nSPS) is 16.7. The highest BCUT2D eigenvalue weighted by Crippen LogP contribution is 2.48. The van der Waals surface area contributed by atoms with Gasteiger partial charge in [-0.15, -0.1) is 0 Å². The van der Waals surface area contributed by atoms with E-state index in [9.17, 15) is 9.59 Å². The van der Waals surface area contributed by atoms with Crippen LogP contribution in [0.15, 0.2) is 94.1 Å². The van der Waals surface area contributed by atoms with Crippen molar-refractivity contribution in [1.29, 1.82) is 0 Å². The lowest BCUT2D eigenvalue weighted by Crippen LogP contribution is -2.29. The van der Waals surface area contributed by atoms with E-state index in [0.29, 0.717) is 34.8 Å². The molecule has 6 heteroatoms. The monoisotopic (exact) mass is 515 g/mol. The number of benzene rings is 3. The number of para-hydroxylation sites is 1. The van der Waals surface area contributed by atoms with Crippen LogP contribution in [-0.2, 0) is 16.1 Å². The van der Waals surface area contributed by atoms with Gasteiger partial charge in [-0.05, 0) is 30.7 Å². The topological polar surface area (TPSA) is 64.6 Å². The third-order valence-corrected chi connectivity index (χ3v) is 6.72. The molecule has 3 aromatic rings. The Morgan fingerprint density at radius 1 is 0.971 bits per heavy atom. The van der Waals surface area contributed by atoms with Crippen LogP contribution in [0.3, 0.4) is 0 Å². The number of esters is 1. The van der Waals surface area contributed by atoms with Crippen LogP contribution in [0.4, 0.5) is 0 Å². The molecule has 0 saturated heterocycles. The van der Waals surface area contributed by atoms with Crippen molar-refractivity contribution in [2.24, 2.45) is 0 Å². The number of halogens is 1. The van der Waals surface area contributed by atoms with Gasteiger partial charge in [-0.3, -0.25) is 4.79 Å². The molecule has 5 rings (SSSR count). The Kier molecular flexibility index (Phi) is 5.84. The maximum Gasteiger partial charge on any atom is 0.336 e. The molecule has 0 aromatic heterocycles. The van der Waals surface area contributed by atoms with Gasteiger partial charge in [-0.1, -0.05) is 70.5 Å². The lowest BCUT2D eigenvalue weighted by molar-refractivity contribution is -0.136. The number of fused-ring (bicyclic) bond motifs is 2. The van der Waals surface area contributed by atoms with E-state index < -0.39 is 11.9 Å². The van der Waals surface area contributed by atoms with Crippen molar-refractivity contribution >= 4 is 33.4 Å². The molecule has 0 spiro atoms. The van der Waals surface area contributed by atoms with Crippen LogP contribution >= 0.6 is 15.9 Å². The number of dihydropyridines is 1. The molecule has 1 aliphatic carbocycles. The summed E-state index contributed by atoms with van der Waals surface area (Å²) >= 11 is 3.45. The number of methoxy groups -OCH3 is 1. The van der Waals surface area contributed by atoms with Crippen molar-refractivity contribution in [3.8, 4) is 5.75 Å². The van der Waals surface area contributed by atoms with Crippen LogP contribution in [0.1, 0.15) is 39.9 Å². The Labute approximate surface area is 206 Å². The van der Waals surface area contributed by atoms with Crippen molar-refractivity contribution in [2.45, 2.75) is 19.4 Å². The van der Waals surface area contributed by atoms with Crippen molar-refractivity contribution in [3.05, 3.63) is 116 Å². The van der Waals surface area contributed by atoms with E-state index in [1.807, 2.05) is 79.7 Å². The average Bonchev–Trinajstić information content (AvgIpc) is 3.14. The number of carbonyl (C=O) groups is 2. The van der Waals surface area contributed by atoms with Gasteiger partial charge in [0.05, 0.1) is 24.3 Å². The molecule has 170 valence electrons. The van der Waals surface area contributed by atoms with Gasteiger partial charge >= 0.3 is 5.97 Å². The van der Waals surface area contributed by atoms with Crippen molar-refractivity contribution in [2.75, 3.05) is 7.11 Å². The highest BCUT2D eigenvalue weighted by molar-refractivity contribution is 9.10. The van der Waals surface area contributed by atoms with Crippen molar-refractivity contribution in [3.63, 3.8) is 0 Å². The van der Waals surface area contributed by atoms with Crippen molar-refractivity contribution < 1.29 is 19.1 Å². The SMILES string of the molecule is COC(=O)C1=C(C)NC2=C(C(=O)c3ccccc32)[C@H]1c1ccccc1OCc1ccc(Br)cc1. The number of ether oxygens (including phenoxy) is 2. The summed E-state index contributed by atoms with van der Waals surface area (Å²) in [6.07, 6.45) is 0. The standard InChI is InChI=1S/C28H22BrNO4/c1-16-23(28(32)33-2)24(25-26(30-16)19-7-3-4-8-20(19)27(25)31)21-9-5-6-10-22(21)34-15-17-11-13-18(29)14-12-17/h3-14,24,30H,15H2,1-2H3/t24-/m0/s1. The molecule has 0 saturated carbocycles. The van der Waals surface area contributed by atoms with E-state index in [4.69, 9.17) is 9.47 Å². The molecule has 0 unspecified atom stereocenters. The second-order valence-corrected chi connectivity index (χ2v) is 9.12. The Balaban J connectivity index is 1.61. The van der Waals surface area contributed by atoms with Crippen LogP contribution in [0.25, 0.3) is 5.70 Å². The number of hydrogen-bond donors (Lipinski definition) is 1. The third kappa shape index (κ3) is 3.74. The fourth-order valence-electron chi connectivity index (χ4n) is 4.61. The van der Waals surface area contributed by atoms with Gasteiger partial charge in [0.25, 0.3) is 0 Å². The van der Waals surface area contributed by atoms with Gasteiger partial charge in [-0.2, -0.15) is 0 Å². The van der Waals surface area contributed by atoms with Gasteiger partial charge in [0, 0.05) is 32.4 Å². The van der Waals surface area contributed by atoms with E-state index in [0.717, 1.165) is 26.9 Å². The molecule has 0 bridgehead atoms. The summed E-state index contributed by atoms with van der Waals surface area (Å²) in [6.45, 7) is 2.19. The maximum absolute atomic E-state index is 13.6. The lowest BCUT2D eigenvalue weighted by Gasteiger charge is -2.30. The molecule has 1 atom stereocenters. The number of ketones is 1. The molecule has 0 amide bonds. The fourth-order valence-corrected chi connectivity index (χ4v) is 4.88. The molecule has 34 heavy (non-hydrogen) atoms. The number of Topliss-reactive ketones (excluding diaryl/α,β-unsaturated/α-hetero) is 1. The summed E-state index contributed by atoms with van der Waals surface area (Å²) < 4.78 is 12.4. The Hall–Kier alpha value is -3.64. The van der Waals surface area contributed by atoms with Crippen molar-refractivity contribution in [1.82, 2.24) is 5.32 Å². The second kappa shape index (κ2) is 8.95.